The predicted octanol–water partition coefficient (Wildman–Crippen LogP) is 4.40. The van der Waals surface area contributed by atoms with Gasteiger partial charge in [-0.15, -0.1) is 0 Å². The molecule has 2 saturated heterocycles. The molecule has 3 aliphatic rings. The number of amides is 1. The molecule has 1 saturated carbocycles. The number of fused-ring (bicyclic) bond motifs is 3. The van der Waals surface area contributed by atoms with Crippen molar-refractivity contribution in [2.45, 2.75) is 45.2 Å². The molecule has 6 nitrogen and oxygen atoms in total. The van der Waals surface area contributed by atoms with Gasteiger partial charge in [0.2, 0.25) is 0 Å². The average Bonchev–Trinajstić information content (AvgIpc) is 2.81. The van der Waals surface area contributed by atoms with Crippen molar-refractivity contribution in [2.24, 2.45) is 5.92 Å². The number of pyridine rings is 3. The number of piperidine rings is 2. The van der Waals surface area contributed by atoms with Gasteiger partial charge in [0, 0.05) is 36.2 Å². The van der Waals surface area contributed by atoms with Gasteiger partial charge in [-0.25, -0.2) is 14.4 Å². The molecule has 3 aromatic heterocycles. The van der Waals surface area contributed by atoms with Gasteiger partial charge in [0.25, 0.3) is 5.91 Å². The Morgan fingerprint density at radius 3 is 2.75 bits per heavy atom. The first-order valence-electron chi connectivity index (χ1n) is 11.1. The van der Waals surface area contributed by atoms with Crippen LogP contribution >= 0.6 is 0 Å². The van der Waals surface area contributed by atoms with Gasteiger partial charge in [-0.2, -0.15) is 0 Å². The van der Waals surface area contributed by atoms with Gasteiger partial charge in [0.05, 0.1) is 6.04 Å². The molecule has 0 aromatic carbocycles. The number of aryl methyl sites for hydroxylation is 2. The minimum absolute atomic E-state index is 0.0411. The van der Waals surface area contributed by atoms with Crippen molar-refractivity contribution >= 4 is 11.7 Å². The highest BCUT2D eigenvalue weighted by Gasteiger charge is 2.44. The van der Waals surface area contributed by atoms with Crippen LogP contribution in [0.1, 0.15) is 41.0 Å². The summed E-state index contributed by atoms with van der Waals surface area (Å²) in [5.41, 5.74) is 2.68. The Morgan fingerprint density at radius 2 is 2.00 bits per heavy atom. The van der Waals surface area contributed by atoms with Crippen LogP contribution in [0.3, 0.4) is 0 Å². The highest BCUT2D eigenvalue weighted by atomic mass is 19.1. The van der Waals surface area contributed by atoms with Gasteiger partial charge in [-0.1, -0.05) is 6.07 Å². The fourth-order valence-corrected chi connectivity index (χ4v) is 4.96. The van der Waals surface area contributed by atoms with E-state index in [2.05, 4.69) is 20.3 Å². The van der Waals surface area contributed by atoms with E-state index >= 15 is 0 Å². The highest BCUT2D eigenvalue weighted by Crippen LogP contribution is 2.38. The molecule has 1 amide bonds. The lowest BCUT2D eigenvalue weighted by atomic mass is 9.76. The summed E-state index contributed by atoms with van der Waals surface area (Å²) in [5, 5.41) is 3.54. The molecule has 3 aromatic rings. The predicted molar refractivity (Wildman–Crippen MR) is 121 cm³/mol. The van der Waals surface area contributed by atoms with Crippen LogP contribution < -0.4 is 5.32 Å². The SMILES string of the molecule is Cc1ccc(NC2CC3CCC2N(C(=O)c2nc(C)ccc2-c2ncccc2F)C3)nc1. The van der Waals surface area contributed by atoms with E-state index in [1.54, 1.807) is 18.2 Å². The normalized spacial score (nSPS) is 22.1. The van der Waals surface area contributed by atoms with Crippen molar-refractivity contribution in [3.05, 3.63) is 71.6 Å². The number of hydrogen-bond donors (Lipinski definition) is 1. The third-order valence-electron chi connectivity index (χ3n) is 6.53. The largest absolute Gasteiger partial charge is 0.365 e. The molecule has 1 N–H and O–H groups in total. The maximum Gasteiger partial charge on any atom is 0.273 e. The van der Waals surface area contributed by atoms with Gasteiger partial charge >= 0.3 is 0 Å². The van der Waals surface area contributed by atoms with E-state index in [9.17, 15) is 9.18 Å². The molecule has 0 spiro atoms. The lowest BCUT2D eigenvalue weighted by Gasteiger charge is -2.50. The number of aromatic nitrogens is 3. The smallest absolute Gasteiger partial charge is 0.273 e. The summed E-state index contributed by atoms with van der Waals surface area (Å²) in [4.78, 5) is 28.9. The standard InChI is InChI=1S/C25H26FN5O/c1-15-5-10-22(28-13-15)30-20-12-17-7-9-21(20)31(14-17)25(32)24-18(8-6-16(2)29-24)23-19(26)4-3-11-27-23/h3-6,8,10-11,13,17,20-21H,7,9,12,14H2,1-2H3,(H,28,30). The van der Waals surface area contributed by atoms with Crippen molar-refractivity contribution in [2.75, 3.05) is 11.9 Å². The second-order valence-electron chi connectivity index (χ2n) is 8.86. The number of rotatable bonds is 4. The lowest BCUT2D eigenvalue weighted by Crippen LogP contribution is -2.60. The van der Waals surface area contributed by atoms with Crippen molar-refractivity contribution < 1.29 is 9.18 Å². The zero-order chi connectivity index (χ0) is 22.2. The van der Waals surface area contributed by atoms with E-state index in [4.69, 9.17) is 0 Å². The average molecular weight is 432 g/mol. The van der Waals surface area contributed by atoms with E-state index in [1.165, 1.54) is 12.3 Å². The molecule has 3 atom stereocenters. The fourth-order valence-electron chi connectivity index (χ4n) is 4.96. The van der Waals surface area contributed by atoms with Crippen LogP contribution in [0.15, 0.2) is 48.8 Å². The zero-order valence-electron chi connectivity index (χ0n) is 18.3. The first kappa shape index (κ1) is 20.5. The molecule has 6 rings (SSSR count). The van der Waals surface area contributed by atoms with Crippen molar-refractivity contribution in [3.8, 4) is 11.3 Å². The number of nitrogens with one attached hydrogen (secondary N) is 1. The molecule has 5 heterocycles. The van der Waals surface area contributed by atoms with E-state index in [1.807, 2.05) is 37.1 Å². The van der Waals surface area contributed by atoms with Gasteiger partial charge in [0.1, 0.15) is 23.0 Å². The first-order chi connectivity index (χ1) is 15.5. The maximum atomic E-state index is 14.5. The summed E-state index contributed by atoms with van der Waals surface area (Å²) in [6, 6.07) is 10.6. The van der Waals surface area contributed by atoms with E-state index in [0.717, 1.165) is 30.6 Å². The zero-order valence-corrected chi connectivity index (χ0v) is 18.3. The van der Waals surface area contributed by atoms with Crippen molar-refractivity contribution in [3.63, 3.8) is 0 Å². The number of carbonyl (C=O) groups is 1. The topological polar surface area (TPSA) is 71.0 Å². The fraction of sp³-hybridized carbons (Fsp3) is 0.360. The number of hydrogen-bond acceptors (Lipinski definition) is 5. The van der Waals surface area contributed by atoms with E-state index in [0.29, 0.717) is 23.7 Å². The van der Waals surface area contributed by atoms with Gasteiger partial charge < -0.3 is 10.2 Å². The number of carbonyl (C=O) groups excluding carboxylic acids is 1. The van der Waals surface area contributed by atoms with Crippen molar-refractivity contribution in [1.29, 1.82) is 0 Å². The molecule has 3 fully saturated rings. The molecule has 32 heavy (non-hydrogen) atoms. The van der Waals surface area contributed by atoms with E-state index in [-0.39, 0.29) is 29.4 Å². The summed E-state index contributed by atoms with van der Waals surface area (Å²) in [5.74, 6) is 0.626. The first-order valence-corrected chi connectivity index (χ1v) is 11.1. The Hall–Kier alpha value is -3.35. The van der Waals surface area contributed by atoms with Gasteiger partial charge in [-0.05, 0) is 74.9 Å². The van der Waals surface area contributed by atoms with Gasteiger partial charge in [-0.3, -0.25) is 9.78 Å². The Bertz CT molecular complexity index is 1150. The molecule has 7 heteroatoms. The molecule has 0 radical (unpaired) electrons. The Balaban J connectivity index is 1.46. The summed E-state index contributed by atoms with van der Waals surface area (Å²) in [6.07, 6.45) is 6.42. The minimum Gasteiger partial charge on any atom is -0.365 e. The Labute approximate surface area is 186 Å². The van der Waals surface area contributed by atoms with Crippen LogP contribution in [0.5, 0.6) is 0 Å². The molecular formula is C25H26FN5O. The van der Waals surface area contributed by atoms with Crippen LogP contribution in [0.25, 0.3) is 11.3 Å². The minimum atomic E-state index is -0.461. The quantitative estimate of drug-likeness (QED) is 0.663. The molecule has 3 unspecified atom stereocenters. The summed E-state index contributed by atoms with van der Waals surface area (Å²) in [7, 11) is 0. The number of halogens is 1. The third kappa shape index (κ3) is 3.83. The summed E-state index contributed by atoms with van der Waals surface area (Å²) >= 11 is 0. The summed E-state index contributed by atoms with van der Waals surface area (Å²) in [6.45, 7) is 4.55. The third-order valence-corrected chi connectivity index (χ3v) is 6.53. The summed E-state index contributed by atoms with van der Waals surface area (Å²) < 4.78 is 14.5. The second-order valence-corrected chi connectivity index (χ2v) is 8.86. The Kier molecular flexibility index (Phi) is 5.33. The lowest BCUT2D eigenvalue weighted by molar-refractivity contribution is 0.0277. The van der Waals surface area contributed by atoms with Crippen molar-refractivity contribution in [1.82, 2.24) is 19.9 Å². The monoisotopic (exact) mass is 431 g/mol. The second kappa shape index (κ2) is 8.30. The van der Waals surface area contributed by atoms with Gasteiger partial charge in [0.15, 0.2) is 0 Å². The van der Waals surface area contributed by atoms with Crippen LogP contribution in [0.2, 0.25) is 0 Å². The number of anilines is 1. The molecule has 164 valence electrons. The van der Waals surface area contributed by atoms with Crippen LogP contribution in [0.4, 0.5) is 10.2 Å². The van der Waals surface area contributed by atoms with Crippen LogP contribution in [-0.4, -0.2) is 44.4 Å². The maximum absolute atomic E-state index is 14.5. The van der Waals surface area contributed by atoms with Crippen LogP contribution in [-0.2, 0) is 0 Å². The highest BCUT2D eigenvalue weighted by molar-refractivity contribution is 5.99. The van der Waals surface area contributed by atoms with Crippen LogP contribution in [0, 0.1) is 25.6 Å². The number of nitrogens with zero attached hydrogens (tertiary/aromatic N) is 4. The molecule has 2 bridgehead atoms. The molecular weight excluding hydrogens is 405 g/mol. The Morgan fingerprint density at radius 1 is 1.12 bits per heavy atom. The molecule has 2 aliphatic heterocycles. The molecule has 1 aliphatic carbocycles. The van der Waals surface area contributed by atoms with E-state index < -0.39 is 5.82 Å².